The fourth-order valence-corrected chi connectivity index (χ4v) is 1.06. The summed E-state index contributed by atoms with van der Waals surface area (Å²) in [5.41, 5.74) is 0.732. The normalized spacial score (nSPS) is 11.2. The van der Waals surface area contributed by atoms with E-state index >= 15 is 0 Å². The van der Waals surface area contributed by atoms with Crippen molar-refractivity contribution in [2.45, 2.75) is 0 Å². The van der Waals surface area contributed by atoms with Crippen LogP contribution in [0.1, 0.15) is 5.56 Å². The monoisotopic (exact) mass is 202 g/mol. The molecule has 1 aromatic carbocycles. The standard InChI is InChI=1S/C8H8O3S.H2O/c9-12(10,11)7-6-8-4-2-1-3-5-8;/h1-7H,(H,9,10,11);1H2. The molecule has 0 fully saturated rings. The van der Waals surface area contributed by atoms with E-state index in [1.807, 2.05) is 6.07 Å². The van der Waals surface area contributed by atoms with Crippen molar-refractivity contribution >= 4 is 16.2 Å². The van der Waals surface area contributed by atoms with Gasteiger partial charge in [-0.05, 0) is 11.6 Å². The SMILES string of the molecule is O.O=S(=O)(O)C=Cc1ccccc1. The predicted molar refractivity (Wildman–Crippen MR) is 50.6 cm³/mol. The lowest BCUT2D eigenvalue weighted by molar-refractivity contribution is 0.494. The first-order valence-corrected chi connectivity index (χ1v) is 4.79. The van der Waals surface area contributed by atoms with Gasteiger partial charge in [-0.3, -0.25) is 4.55 Å². The summed E-state index contributed by atoms with van der Waals surface area (Å²) in [5.74, 6) is 0. The van der Waals surface area contributed by atoms with Gasteiger partial charge in [0, 0.05) is 0 Å². The number of rotatable bonds is 2. The van der Waals surface area contributed by atoms with Crippen molar-refractivity contribution in [1.29, 1.82) is 0 Å². The molecule has 0 saturated carbocycles. The molecule has 0 heterocycles. The average Bonchev–Trinajstić information content (AvgIpc) is 2.02. The molecule has 0 aromatic heterocycles. The van der Waals surface area contributed by atoms with Gasteiger partial charge in [-0.15, -0.1) is 0 Å². The highest BCUT2D eigenvalue weighted by Crippen LogP contribution is 2.01. The third kappa shape index (κ3) is 5.13. The van der Waals surface area contributed by atoms with E-state index in [1.54, 1.807) is 24.3 Å². The van der Waals surface area contributed by atoms with Crippen molar-refractivity contribution in [2.24, 2.45) is 0 Å². The first-order chi connectivity index (χ1) is 5.58. The summed E-state index contributed by atoms with van der Waals surface area (Å²) in [6, 6.07) is 8.86. The minimum absolute atomic E-state index is 0. The van der Waals surface area contributed by atoms with Crippen LogP contribution in [0.25, 0.3) is 6.08 Å². The Morgan fingerprint density at radius 3 is 2.15 bits per heavy atom. The molecule has 72 valence electrons. The summed E-state index contributed by atoms with van der Waals surface area (Å²) in [6.45, 7) is 0. The zero-order chi connectivity index (χ0) is 9.03. The van der Waals surface area contributed by atoms with Crippen LogP contribution in [-0.2, 0) is 10.1 Å². The highest BCUT2D eigenvalue weighted by molar-refractivity contribution is 7.88. The molecule has 0 unspecified atom stereocenters. The molecule has 0 saturated heterocycles. The second-order valence-electron chi connectivity index (χ2n) is 2.23. The summed E-state index contributed by atoms with van der Waals surface area (Å²) >= 11 is 0. The lowest BCUT2D eigenvalue weighted by Crippen LogP contribution is -1.88. The molecular formula is C8H10O4S. The lowest BCUT2D eigenvalue weighted by atomic mass is 10.2. The molecule has 0 atom stereocenters. The van der Waals surface area contributed by atoms with Crippen LogP contribution in [0.4, 0.5) is 0 Å². The molecular weight excluding hydrogens is 192 g/mol. The summed E-state index contributed by atoms with van der Waals surface area (Å²) in [4.78, 5) is 0. The van der Waals surface area contributed by atoms with Gasteiger partial charge in [-0.1, -0.05) is 30.3 Å². The zero-order valence-electron chi connectivity index (χ0n) is 6.71. The average molecular weight is 202 g/mol. The van der Waals surface area contributed by atoms with E-state index in [2.05, 4.69) is 0 Å². The summed E-state index contributed by atoms with van der Waals surface area (Å²) in [5, 5.41) is 0.752. The highest BCUT2D eigenvalue weighted by Gasteiger charge is 1.94. The maximum Gasteiger partial charge on any atom is 0.287 e. The van der Waals surface area contributed by atoms with Gasteiger partial charge in [0.15, 0.2) is 0 Å². The fourth-order valence-electron chi connectivity index (χ4n) is 0.729. The van der Waals surface area contributed by atoms with E-state index in [1.165, 1.54) is 6.08 Å². The third-order valence-corrected chi connectivity index (χ3v) is 1.71. The van der Waals surface area contributed by atoms with Crippen molar-refractivity contribution in [3.63, 3.8) is 0 Å². The topological polar surface area (TPSA) is 85.9 Å². The van der Waals surface area contributed by atoms with E-state index in [0.29, 0.717) is 0 Å². The Hall–Kier alpha value is -1.17. The molecule has 0 aliphatic rings. The molecule has 0 radical (unpaired) electrons. The van der Waals surface area contributed by atoms with Crippen LogP contribution >= 0.6 is 0 Å². The molecule has 0 aliphatic carbocycles. The Morgan fingerprint density at radius 2 is 1.69 bits per heavy atom. The van der Waals surface area contributed by atoms with Crippen molar-refractivity contribution in [3.8, 4) is 0 Å². The van der Waals surface area contributed by atoms with Gasteiger partial charge in [0.25, 0.3) is 10.1 Å². The molecule has 0 bridgehead atoms. The Labute approximate surface area is 76.6 Å². The van der Waals surface area contributed by atoms with Crippen molar-refractivity contribution in [1.82, 2.24) is 0 Å². The van der Waals surface area contributed by atoms with Crippen LogP contribution in [0, 0.1) is 0 Å². The third-order valence-electron chi connectivity index (χ3n) is 1.23. The molecule has 1 aromatic rings. The summed E-state index contributed by atoms with van der Waals surface area (Å²) in [6.07, 6.45) is 1.33. The minimum atomic E-state index is -4.00. The smallest absolute Gasteiger partial charge is 0.287 e. The van der Waals surface area contributed by atoms with Gasteiger partial charge in [0.2, 0.25) is 0 Å². The molecule has 0 spiro atoms. The minimum Gasteiger partial charge on any atom is -0.412 e. The van der Waals surface area contributed by atoms with Crippen molar-refractivity contribution < 1.29 is 18.4 Å². The van der Waals surface area contributed by atoms with Crippen LogP contribution < -0.4 is 0 Å². The Bertz CT molecular complexity index is 366. The van der Waals surface area contributed by atoms with Gasteiger partial charge in [-0.2, -0.15) is 8.42 Å². The second-order valence-corrected chi connectivity index (χ2v) is 3.53. The van der Waals surface area contributed by atoms with E-state index in [9.17, 15) is 8.42 Å². The molecule has 3 N–H and O–H groups in total. The first kappa shape index (κ1) is 11.8. The number of hydrogen-bond donors (Lipinski definition) is 1. The van der Waals surface area contributed by atoms with Crippen LogP contribution in [0.15, 0.2) is 35.7 Å². The molecule has 13 heavy (non-hydrogen) atoms. The number of benzene rings is 1. The quantitative estimate of drug-likeness (QED) is 0.717. The molecule has 0 amide bonds. The van der Waals surface area contributed by atoms with Gasteiger partial charge < -0.3 is 5.48 Å². The van der Waals surface area contributed by atoms with E-state index < -0.39 is 10.1 Å². The second kappa shape index (κ2) is 4.76. The first-order valence-electron chi connectivity index (χ1n) is 3.28. The van der Waals surface area contributed by atoms with Gasteiger partial charge in [-0.25, -0.2) is 0 Å². The summed E-state index contributed by atoms with van der Waals surface area (Å²) in [7, 11) is -4.00. The van der Waals surface area contributed by atoms with E-state index in [0.717, 1.165) is 11.0 Å². The van der Waals surface area contributed by atoms with Crippen LogP contribution in [0.5, 0.6) is 0 Å². The maximum atomic E-state index is 10.3. The van der Waals surface area contributed by atoms with Gasteiger partial charge in [0.05, 0.1) is 5.41 Å². The maximum absolute atomic E-state index is 10.3. The fraction of sp³-hybridized carbons (Fsp3) is 0. The summed E-state index contributed by atoms with van der Waals surface area (Å²) < 4.78 is 28.9. The predicted octanol–water partition coefficient (Wildman–Crippen LogP) is 0.720. The van der Waals surface area contributed by atoms with Crippen LogP contribution in [0.2, 0.25) is 0 Å². The molecule has 5 heteroatoms. The Kier molecular flexibility index (Phi) is 4.33. The molecule has 4 nitrogen and oxygen atoms in total. The highest BCUT2D eigenvalue weighted by atomic mass is 32.2. The Balaban J connectivity index is 0.00000144. The van der Waals surface area contributed by atoms with Crippen LogP contribution in [0.3, 0.4) is 0 Å². The largest absolute Gasteiger partial charge is 0.412 e. The molecule has 1 rings (SSSR count). The van der Waals surface area contributed by atoms with Gasteiger partial charge >= 0.3 is 0 Å². The molecule has 0 aliphatic heterocycles. The lowest BCUT2D eigenvalue weighted by Gasteiger charge is -1.89. The number of hydrogen-bond acceptors (Lipinski definition) is 2. The van der Waals surface area contributed by atoms with E-state index in [4.69, 9.17) is 4.55 Å². The van der Waals surface area contributed by atoms with Crippen molar-refractivity contribution in [3.05, 3.63) is 41.3 Å². The Morgan fingerprint density at radius 1 is 1.15 bits per heavy atom. The van der Waals surface area contributed by atoms with Crippen molar-refractivity contribution in [2.75, 3.05) is 0 Å². The zero-order valence-corrected chi connectivity index (χ0v) is 7.53. The van der Waals surface area contributed by atoms with Crippen LogP contribution in [-0.4, -0.2) is 18.4 Å². The van der Waals surface area contributed by atoms with E-state index in [-0.39, 0.29) is 5.48 Å². The van der Waals surface area contributed by atoms with Gasteiger partial charge in [0.1, 0.15) is 0 Å².